The topological polar surface area (TPSA) is 124 Å². The number of aromatic nitrogens is 2. The molecule has 3 N–H and O–H groups in total. The van der Waals surface area contributed by atoms with Gasteiger partial charge in [-0.3, -0.25) is 9.69 Å². The smallest absolute Gasteiger partial charge is 0.287 e. The molecule has 2 aromatic rings. The fourth-order valence-corrected chi connectivity index (χ4v) is 3.96. The van der Waals surface area contributed by atoms with Gasteiger partial charge < -0.3 is 29.6 Å². The van der Waals surface area contributed by atoms with Crippen molar-refractivity contribution in [1.82, 2.24) is 20.2 Å². The Bertz CT molecular complexity index is 792. The summed E-state index contributed by atoms with van der Waals surface area (Å²) in [6.07, 6.45) is 2.90. The van der Waals surface area contributed by atoms with Crippen LogP contribution in [-0.4, -0.2) is 94.7 Å². The Morgan fingerprint density at radius 1 is 1.13 bits per heavy atom. The van der Waals surface area contributed by atoms with E-state index < -0.39 is 18.3 Å². The monoisotopic (exact) mass is 475 g/mol. The quantitative estimate of drug-likeness (QED) is 0.527. The van der Waals surface area contributed by atoms with Gasteiger partial charge >= 0.3 is 0 Å². The second-order valence-electron chi connectivity index (χ2n) is 7.14. The first kappa shape index (κ1) is 25.3. The number of aliphatic hydroxyl groups excluding tert-OH is 2. The van der Waals surface area contributed by atoms with E-state index in [0.717, 1.165) is 0 Å². The van der Waals surface area contributed by atoms with E-state index in [-0.39, 0.29) is 55.7 Å². The van der Waals surface area contributed by atoms with Crippen LogP contribution >= 0.6 is 24.8 Å². The summed E-state index contributed by atoms with van der Waals surface area (Å²) in [7, 11) is 0. The van der Waals surface area contributed by atoms with Crippen molar-refractivity contribution in [3.05, 3.63) is 42.6 Å². The number of piperazine rings is 1. The summed E-state index contributed by atoms with van der Waals surface area (Å²) < 4.78 is 10.9. The van der Waals surface area contributed by atoms with Gasteiger partial charge in [-0.05, 0) is 18.2 Å². The van der Waals surface area contributed by atoms with Crippen molar-refractivity contribution >= 4 is 36.7 Å². The minimum Gasteiger partial charge on any atom is -0.459 e. The molecule has 0 bridgehead atoms. The fraction of sp³-hybridized carbons (Fsp3) is 0.526. The van der Waals surface area contributed by atoms with Crippen LogP contribution in [0.5, 0.6) is 0 Å². The van der Waals surface area contributed by atoms with Gasteiger partial charge in [0.05, 0.1) is 25.0 Å². The van der Waals surface area contributed by atoms with E-state index in [0.29, 0.717) is 32.1 Å². The average Bonchev–Trinajstić information content (AvgIpc) is 3.41. The zero-order valence-corrected chi connectivity index (χ0v) is 18.4. The number of carbonyl (C=O) groups is 1. The molecule has 0 radical (unpaired) electrons. The van der Waals surface area contributed by atoms with Crippen LogP contribution in [0, 0.1) is 0 Å². The van der Waals surface area contributed by atoms with Gasteiger partial charge in [0.1, 0.15) is 12.2 Å². The molecule has 172 valence electrons. The van der Waals surface area contributed by atoms with Crippen molar-refractivity contribution in [2.24, 2.45) is 0 Å². The number of amides is 1. The number of nitrogens with one attached hydrogen (secondary N) is 1. The molecule has 31 heavy (non-hydrogen) atoms. The Hall–Kier alpha value is -1.95. The molecule has 2 aliphatic heterocycles. The molecule has 2 saturated heterocycles. The van der Waals surface area contributed by atoms with E-state index >= 15 is 0 Å². The zero-order valence-electron chi connectivity index (χ0n) is 16.7. The predicted octanol–water partition coefficient (Wildman–Crippen LogP) is -0.0456. The number of hydrogen-bond donors (Lipinski definition) is 3. The number of halogens is 2. The number of carbonyl (C=O) groups excluding carboxylic acids is 1. The molecule has 0 saturated carbocycles. The highest BCUT2D eigenvalue weighted by Gasteiger charge is 2.46. The lowest BCUT2D eigenvalue weighted by molar-refractivity contribution is -0.0209. The van der Waals surface area contributed by atoms with Crippen LogP contribution in [0.4, 0.5) is 5.95 Å². The molecule has 0 unspecified atom stereocenters. The van der Waals surface area contributed by atoms with Gasteiger partial charge in [-0.2, -0.15) is 0 Å². The lowest BCUT2D eigenvalue weighted by atomic mass is 10.0. The molecule has 4 heterocycles. The van der Waals surface area contributed by atoms with Crippen LogP contribution < -0.4 is 10.2 Å². The van der Waals surface area contributed by atoms with Crippen LogP contribution in [0.15, 0.2) is 41.3 Å². The highest BCUT2D eigenvalue weighted by molar-refractivity contribution is 5.91. The Morgan fingerprint density at radius 2 is 1.84 bits per heavy atom. The van der Waals surface area contributed by atoms with E-state index in [1.54, 1.807) is 30.6 Å². The van der Waals surface area contributed by atoms with E-state index in [1.807, 2.05) is 0 Å². The fourth-order valence-electron chi connectivity index (χ4n) is 3.96. The molecular weight excluding hydrogens is 449 g/mol. The summed E-state index contributed by atoms with van der Waals surface area (Å²) in [5.41, 5.74) is 0. The normalized spacial score (nSPS) is 26.1. The van der Waals surface area contributed by atoms with Gasteiger partial charge in [0.2, 0.25) is 5.95 Å². The Morgan fingerprint density at radius 3 is 2.45 bits per heavy atom. The molecule has 0 aliphatic carbocycles. The molecule has 0 aromatic carbocycles. The van der Waals surface area contributed by atoms with Crippen molar-refractivity contribution in [1.29, 1.82) is 0 Å². The molecule has 1 amide bonds. The van der Waals surface area contributed by atoms with Crippen LogP contribution in [0.25, 0.3) is 0 Å². The van der Waals surface area contributed by atoms with Gasteiger partial charge in [-0.1, -0.05) is 0 Å². The SMILES string of the molecule is Cl.Cl.O=C(NC[C@H]1O[C@@H](CO)[C@@H](O)[C@H]1N1CCN(c2ncccn2)CC1)c1ccco1. The van der Waals surface area contributed by atoms with E-state index in [4.69, 9.17) is 9.15 Å². The lowest BCUT2D eigenvalue weighted by Crippen LogP contribution is -2.57. The Labute approximate surface area is 192 Å². The largest absolute Gasteiger partial charge is 0.459 e. The highest BCUT2D eigenvalue weighted by Crippen LogP contribution is 2.27. The zero-order chi connectivity index (χ0) is 20.2. The summed E-state index contributed by atoms with van der Waals surface area (Å²) in [6.45, 7) is 2.72. The van der Waals surface area contributed by atoms with Crippen LogP contribution in [-0.2, 0) is 4.74 Å². The summed E-state index contributed by atoms with van der Waals surface area (Å²) in [5.74, 6) is 0.562. The van der Waals surface area contributed by atoms with E-state index in [9.17, 15) is 15.0 Å². The molecule has 4 rings (SSSR count). The number of furan rings is 1. The van der Waals surface area contributed by atoms with Crippen molar-refractivity contribution in [2.45, 2.75) is 24.4 Å². The van der Waals surface area contributed by atoms with Gasteiger partial charge in [0.15, 0.2) is 5.76 Å². The molecule has 2 aliphatic rings. The highest BCUT2D eigenvalue weighted by atomic mass is 35.5. The van der Waals surface area contributed by atoms with Crippen molar-refractivity contribution < 1.29 is 24.2 Å². The first-order valence-corrected chi connectivity index (χ1v) is 9.69. The minimum atomic E-state index is -0.843. The third-order valence-electron chi connectivity index (χ3n) is 5.42. The maximum Gasteiger partial charge on any atom is 0.287 e. The Balaban J connectivity index is 0.00000171. The molecule has 4 atom stereocenters. The van der Waals surface area contributed by atoms with Gasteiger partial charge in [-0.15, -0.1) is 24.8 Å². The number of anilines is 1. The van der Waals surface area contributed by atoms with Crippen LogP contribution in [0.2, 0.25) is 0 Å². The third kappa shape index (κ3) is 5.65. The summed E-state index contributed by atoms with van der Waals surface area (Å²) in [5, 5.41) is 23.1. The predicted molar refractivity (Wildman–Crippen MR) is 117 cm³/mol. The van der Waals surface area contributed by atoms with Crippen molar-refractivity contribution in [2.75, 3.05) is 44.2 Å². The van der Waals surface area contributed by atoms with Gasteiger partial charge in [0, 0.05) is 45.1 Å². The number of hydrogen-bond acceptors (Lipinski definition) is 9. The van der Waals surface area contributed by atoms with Crippen molar-refractivity contribution in [3.8, 4) is 0 Å². The summed E-state index contributed by atoms with van der Waals surface area (Å²) in [6, 6.07) is 4.68. The summed E-state index contributed by atoms with van der Waals surface area (Å²) in [4.78, 5) is 25.0. The van der Waals surface area contributed by atoms with Crippen LogP contribution in [0.1, 0.15) is 10.6 Å². The Kier molecular flexibility index (Phi) is 9.48. The second-order valence-corrected chi connectivity index (χ2v) is 7.14. The molecule has 10 nitrogen and oxygen atoms in total. The lowest BCUT2D eigenvalue weighted by Gasteiger charge is -2.40. The second kappa shape index (κ2) is 11.6. The van der Waals surface area contributed by atoms with Gasteiger partial charge in [0.25, 0.3) is 5.91 Å². The van der Waals surface area contributed by atoms with E-state index in [2.05, 4.69) is 25.1 Å². The maximum atomic E-state index is 12.2. The third-order valence-corrected chi connectivity index (χ3v) is 5.42. The minimum absolute atomic E-state index is 0. The number of aliphatic hydroxyl groups is 2. The van der Waals surface area contributed by atoms with E-state index in [1.165, 1.54) is 6.26 Å². The van der Waals surface area contributed by atoms with Crippen LogP contribution in [0.3, 0.4) is 0 Å². The number of rotatable bonds is 6. The van der Waals surface area contributed by atoms with Gasteiger partial charge in [-0.25, -0.2) is 9.97 Å². The number of ether oxygens (including phenoxy) is 1. The summed E-state index contributed by atoms with van der Waals surface area (Å²) >= 11 is 0. The standard InChI is InChI=1S/C19H25N5O5.2ClH/c25-12-15-17(26)16(14(29-15)11-22-18(27)13-3-1-10-28-13)23-6-8-24(9-7-23)19-20-4-2-5-21-19;;/h1-5,10,14-17,25-26H,6-9,11-12H2,(H,22,27);2*1H/t14-,15+,16+,17-;;/m1../s1. The molecule has 12 heteroatoms. The first-order valence-electron chi connectivity index (χ1n) is 9.69. The molecule has 2 aromatic heterocycles. The average molecular weight is 476 g/mol. The number of nitrogens with zero attached hydrogens (tertiary/aromatic N) is 4. The molecule has 0 spiro atoms. The molecule has 2 fully saturated rings. The molecular formula is C19H27Cl2N5O5. The van der Waals surface area contributed by atoms with Crippen molar-refractivity contribution in [3.63, 3.8) is 0 Å². The first-order chi connectivity index (χ1) is 14.2. The maximum absolute atomic E-state index is 12.2.